The smallest absolute Gasteiger partial charge is 0.303 e. The van der Waals surface area contributed by atoms with Crippen molar-refractivity contribution in [3.05, 3.63) is 34.6 Å². The normalized spacial score (nSPS) is 19.8. The van der Waals surface area contributed by atoms with E-state index in [9.17, 15) is 9.18 Å². The van der Waals surface area contributed by atoms with Gasteiger partial charge in [0.25, 0.3) is 0 Å². The average Bonchev–Trinajstić information content (AvgIpc) is 2.79. The third-order valence-corrected chi connectivity index (χ3v) is 3.97. The maximum atomic E-state index is 13.7. The van der Waals surface area contributed by atoms with E-state index >= 15 is 0 Å². The van der Waals surface area contributed by atoms with Gasteiger partial charge in [0.05, 0.1) is 0 Å². The molecule has 1 saturated heterocycles. The van der Waals surface area contributed by atoms with Crippen LogP contribution in [0.2, 0.25) is 5.02 Å². The second-order valence-corrected chi connectivity index (χ2v) is 5.31. The summed E-state index contributed by atoms with van der Waals surface area (Å²) < 4.78 is 13.7. The van der Waals surface area contributed by atoms with Gasteiger partial charge in [-0.05, 0) is 37.9 Å². The molecule has 1 heterocycles. The zero-order chi connectivity index (χ0) is 13.8. The van der Waals surface area contributed by atoms with Crippen molar-refractivity contribution in [1.82, 2.24) is 4.90 Å². The molecule has 1 aliphatic heterocycles. The highest BCUT2D eigenvalue weighted by Crippen LogP contribution is 2.27. The predicted molar refractivity (Wildman–Crippen MR) is 71.7 cm³/mol. The molecule has 1 aromatic rings. The first-order chi connectivity index (χ1) is 9.08. The molecule has 0 bridgehead atoms. The number of nitrogens with zero attached hydrogens (tertiary/aromatic N) is 1. The second-order valence-electron chi connectivity index (χ2n) is 4.90. The summed E-state index contributed by atoms with van der Waals surface area (Å²) in [6.45, 7) is 1.32. The van der Waals surface area contributed by atoms with Gasteiger partial charge < -0.3 is 5.11 Å². The maximum absolute atomic E-state index is 13.7. The molecule has 0 saturated carbocycles. The molecule has 5 heteroatoms. The highest BCUT2D eigenvalue weighted by Gasteiger charge is 2.26. The second kappa shape index (κ2) is 6.35. The van der Waals surface area contributed by atoms with E-state index in [0.717, 1.165) is 19.4 Å². The van der Waals surface area contributed by atoms with Gasteiger partial charge in [-0.1, -0.05) is 17.7 Å². The van der Waals surface area contributed by atoms with Crippen molar-refractivity contribution in [3.63, 3.8) is 0 Å². The van der Waals surface area contributed by atoms with Crippen LogP contribution in [0.5, 0.6) is 0 Å². The van der Waals surface area contributed by atoms with Crippen molar-refractivity contribution in [2.45, 2.75) is 38.3 Å². The summed E-state index contributed by atoms with van der Waals surface area (Å²) in [5, 5.41) is 9.17. The van der Waals surface area contributed by atoms with Gasteiger partial charge in [-0.3, -0.25) is 9.69 Å². The van der Waals surface area contributed by atoms with Crippen LogP contribution in [0.4, 0.5) is 4.39 Å². The number of halogens is 2. The monoisotopic (exact) mass is 285 g/mol. The molecule has 1 aliphatic rings. The summed E-state index contributed by atoms with van der Waals surface area (Å²) >= 11 is 6.02. The summed E-state index contributed by atoms with van der Waals surface area (Å²) in [4.78, 5) is 12.8. The fourth-order valence-electron chi connectivity index (χ4n) is 2.61. The lowest BCUT2D eigenvalue weighted by molar-refractivity contribution is -0.137. The Morgan fingerprint density at radius 2 is 2.32 bits per heavy atom. The predicted octanol–water partition coefficient (Wildman–Crippen LogP) is 3.31. The number of carboxylic acids is 1. The molecule has 1 atom stereocenters. The molecule has 1 unspecified atom stereocenters. The van der Waals surface area contributed by atoms with E-state index in [4.69, 9.17) is 16.7 Å². The van der Waals surface area contributed by atoms with E-state index in [0.29, 0.717) is 23.6 Å². The molecular weight excluding hydrogens is 269 g/mol. The van der Waals surface area contributed by atoms with E-state index in [-0.39, 0.29) is 18.3 Å². The number of hydrogen-bond donors (Lipinski definition) is 1. The van der Waals surface area contributed by atoms with Crippen molar-refractivity contribution in [1.29, 1.82) is 0 Å². The van der Waals surface area contributed by atoms with E-state index in [2.05, 4.69) is 4.90 Å². The molecule has 1 fully saturated rings. The molecule has 0 radical (unpaired) electrons. The number of rotatable bonds is 5. The minimum Gasteiger partial charge on any atom is -0.481 e. The van der Waals surface area contributed by atoms with Crippen LogP contribution in [-0.4, -0.2) is 28.6 Å². The van der Waals surface area contributed by atoms with Gasteiger partial charge >= 0.3 is 5.97 Å². The van der Waals surface area contributed by atoms with Crippen molar-refractivity contribution >= 4 is 17.6 Å². The van der Waals surface area contributed by atoms with Crippen LogP contribution in [0.25, 0.3) is 0 Å². The Labute approximate surface area is 117 Å². The quantitative estimate of drug-likeness (QED) is 0.902. The standard InChI is InChI=1S/C14H17ClFNO2/c15-12-4-1-5-13(16)11(12)9-17-8-2-3-10(17)6-7-14(18)19/h1,4-5,10H,2-3,6-9H2,(H,18,19). The highest BCUT2D eigenvalue weighted by molar-refractivity contribution is 6.31. The number of carbonyl (C=O) groups is 1. The Bertz CT molecular complexity index is 447. The maximum Gasteiger partial charge on any atom is 0.303 e. The molecule has 0 aliphatic carbocycles. The number of hydrogen-bond acceptors (Lipinski definition) is 2. The first-order valence-corrected chi connectivity index (χ1v) is 6.84. The Balaban J connectivity index is 2.03. The minimum absolute atomic E-state index is 0.159. The molecule has 19 heavy (non-hydrogen) atoms. The van der Waals surface area contributed by atoms with Gasteiger partial charge in [0.15, 0.2) is 0 Å². The van der Waals surface area contributed by atoms with Crippen LogP contribution >= 0.6 is 11.6 Å². The van der Waals surface area contributed by atoms with Gasteiger partial charge in [0.2, 0.25) is 0 Å². The third-order valence-electron chi connectivity index (χ3n) is 3.61. The largest absolute Gasteiger partial charge is 0.481 e. The van der Waals surface area contributed by atoms with Gasteiger partial charge in [-0.2, -0.15) is 0 Å². The van der Waals surface area contributed by atoms with Gasteiger partial charge in [-0.25, -0.2) is 4.39 Å². The number of benzene rings is 1. The highest BCUT2D eigenvalue weighted by atomic mass is 35.5. The lowest BCUT2D eigenvalue weighted by Crippen LogP contribution is -2.29. The van der Waals surface area contributed by atoms with Crippen LogP contribution in [0.3, 0.4) is 0 Å². The van der Waals surface area contributed by atoms with Crippen molar-refractivity contribution in [2.75, 3.05) is 6.54 Å². The SMILES string of the molecule is O=C(O)CCC1CCCN1Cc1c(F)cccc1Cl. The van der Waals surface area contributed by atoms with Crippen LogP contribution in [-0.2, 0) is 11.3 Å². The zero-order valence-electron chi connectivity index (χ0n) is 10.6. The Kier molecular flexibility index (Phi) is 4.77. The first kappa shape index (κ1) is 14.3. The molecule has 0 spiro atoms. The molecule has 1 aromatic carbocycles. The van der Waals surface area contributed by atoms with E-state index in [1.165, 1.54) is 6.07 Å². The molecule has 1 N–H and O–H groups in total. The van der Waals surface area contributed by atoms with Gasteiger partial charge in [0.1, 0.15) is 5.82 Å². The summed E-state index contributed by atoms with van der Waals surface area (Å²) in [5.74, 6) is -1.08. The van der Waals surface area contributed by atoms with Crippen LogP contribution in [0.1, 0.15) is 31.2 Å². The lowest BCUT2D eigenvalue weighted by Gasteiger charge is -2.24. The lowest BCUT2D eigenvalue weighted by atomic mass is 10.1. The van der Waals surface area contributed by atoms with Crippen LogP contribution in [0.15, 0.2) is 18.2 Å². The zero-order valence-corrected chi connectivity index (χ0v) is 11.4. The average molecular weight is 286 g/mol. The number of carboxylic acid groups (broad SMARTS) is 1. The number of aliphatic carboxylic acids is 1. The van der Waals surface area contributed by atoms with Crippen molar-refractivity contribution in [2.24, 2.45) is 0 Å². The summed E-state index contributed by atoms with van der Waals surface area (Å²) in [6, 6.07) is 4.89. The fourth-order valence-corrected chi connectivity index (χ4v) is 2.83. The Morgan fingerprint density at radius 1 is 1.53 bits per heavy atom. The Hall–Kier alpha value is -1.13. The van der Waals surface area contributed by atoms with Crippen molar-refractivity contribution in [3.8, 4) is 0 Å². The van der Waals surface area contributed by atoms with E-state index in [1.807, 2.05) is 0 Å². The van der Waals surface area contributed by atoms with Crippen LogP contribution < -0.4 is 0 Å². The molecule has 3 nitrogen and oxygen atoms in total. The molecule has 104 valence electrons. The number of likely N-dealkylation sites (tertiary alicyclic amines) is 1. The Morgan fingerprint density at radius 3 is 3.00 bits per heavy atom. The van der Waals surface area contributed by atoms with E-state index in [1.54, 1.807) is 12.1 Å². The molecule has 0 amide bonds. The van der Waals surface area contributed by atoms with Crippen LogP contribution in [0, 0.1) is 5.82 Å². The van der Waals surface area contributed by atoms with Crippen molar-refractivity contribution < 1.29 is 14.3 Å². The van der Waals surface area contributed by atoms with Gasteiger partial charge in [-0.15, -0.1) is 0 Å². The summed E-state index contributed by atoms with van der Waals surface area (Å²) in [7, 11) is 0. The third kappa shape index (κ3) is 3.67. The van der Waals surface area contributed by atoms with E-state index < -0.39 is 5.97 Å². The molecular formula is C14H17ClFNO2. The van der Waals surface area contributed by atoms with Gasteiger partial charge in [0, 0.05) is 29.6 Å². The molecule has 2 rings (SSSR count). The minimum atomic E-state index is -0.782. The topological polar surface area (TPSA) is 40.5 Å². The summed E-state index contributed by atoms with van der Waals surface area (Å²) in [6.07, 6.45) is 2.77. The summed E-state index contributed by atoms with van der Waals surface area (Å²) in [5.41, 5.74) is 0.506. The first-order valence-electron chi connectivity index (χ1n) is 6.46. The fraction of sp³-hybridized carbons (Fsp3) is 0.500. The molecule has 0 aromatic heterocycles.